The highest BCUT2D eigenvalue weighted by atomic mass is 32.2. The fourth-order valence-corrected chi connectivity index (χ4v) is 3.58. The molecule has 120 valence electrons. The van der Waals surface area contributed by atoms with Gasteiger partial charge in [0.2, 0.25) is 5.91 Å². The van der Waals surface area contributed by atoms with E-state index >= 15 is 0 Å². The topological polar surface area (TPSA) is 62.3 Å². The highest BCUT2D eigenvalue weighted by Gasteiger charge is 2.23. The molecule has 0 spiro atoms. The SMILES string of the molecule is O=C(CN1CCSC1=O)Nc1nc(-c2ccc(F)c(F)c2)cs1. The minimum atomic E-state index is -0.953. The third kappa shape index (κ3) is 3.67. The van der Waals surface area contributed by atoms with E-state index in [0.717, 1.165) is 12.1 Å². The molecule has 1 aliphatic rings. The number of hydrogen-bond acceptors (Lipinski definition) is 5. The van der Waals surface area contributed by atoms with Crippen LogP contribution in [-0.4, -0.2) is 39.9 Å². The van der Waals surface area contributed by atoms with E-state index < -0.39 is 11.6 Å². The molecule has 9 heteroatoms. The summed E-state index contributed by atoms with van der Waals surface area (Å²) in [6.45, 7) is 0.529. The first-order valence-corrected chi connectivity index (χ1v) is 8.52. The molecule has 1 aromatic heterocycles. The molecule has 0 aliphatic carbocycles. The zero-order valence-corrected chi connectivity index (χ0v) is 13.3. The molecule has 0 saturated carbocycles. The Morgan fingerprint density at radius 2 is 2.17 bits per heavy atom. The molecular weight excluding hydrogens is 344 g/mol. The maximum absolute atomic E-state index is 13.2. The van der Waals surface area contributed by atoms with E-state index in [9.17, 15) is 18.4 Å². The van der Waals surface area contributed by atoms with Crippen LogP contribution in [0.1, 0.15) is 0 Å². The minimum Gasteiger partial charge on any atom is -0.323 e. The lowest BCUT2D eigenvalue weighted by molar-refractivity contribution is -0.116. The summed E-state index contributed by atoms with van der Waals surface area (Å²) < 4.78 is 26.2. The van der Waals surface area contributed by atoms with Crippen molar-refractivity contribution in [1.29, 1.82) is 0 Å². The van der Waals surface area contributed by atoms with Gasteiger partial charge in [-0.25, -0.2) is 13.8 Å². The van der Waals surface area contributed by atoms with Crippen LogP contribution in [0.25, 0.3) is 11.3 Å². The zero-order valence-electron chi connectivity index (χ0n) is 11.7. The van der Waals surface area contributed by atoms with E-state index in [4.69, 9.17) is 0 Å². The maximum atomic E-state index is 13.2. The normalized spacial score (nSPS) is 14.3. The van der Waals surface area contributed by atoms with Gasteiger partial charge in [-0.15, -0.1) is 11.3 Å². The molecule has 0 radical (unpaired) electrons. The Labute approximate surface area is 138 Å². The molecule has 0 atom stereocenters. The minimum absolute atomic E-state index is 0.0219. The summed E-state index contributed by atoms with van der Waals surface area (Å²) in [5, 5.41) is 4.47. The standard InChI is InChI=1S/C14H11F2N3O2S2/c15-9-2-1-8(5-10(9)16)11-7-23-13(17-11)18-12(20)6-19-3-4-22-14(19)21/h1-2,5,7H,3-4,6H2,(H,17,18,20). The fourth-order valence-electron chi connectivity index (χ4n) is 2.02. The number of benzene rings is 1. The molecule has 2 heterocycles. The highest BCUT2D eigenvalue weighted by Crippen LogP contribution is 2.26. The van der Waals surface area contributed by atoms with Crippen molar-refractivity contribution in [2.75, 3.05) is 24.2 Å². The van der Waals surface area contributed by atoms with Crippen molar-refractivity contribution in [2.45, 2.75) is 0 Å². The first kappa shape index (κ1) is 15.9. The molecule has 2 aromatic rings. The van der Waals surface area contributed by atoms with Crippen LogP contribution in [0.3, 0.4) is 0 Å². The van der Waals surface area contributed by atoms with Gasteiger partial charge in [-0.2, -0.15) is 0 Å². The van der Waals surface area contributed by atoms with Crippen LogP contribution in [0, 0.1) is 11.6 Å². The van der Waals surface area contributed by atoms with E-state index in [2.05, 4.69) is 10.3 Å². The summed E-state index contributed by atoms with van der Waals surface area (Å²) in [5.41, 5.74) is 0.865. The molecule has 0 bridgehead atoms. The molecule has 1 fully saturated rings. The predicted molar refractivity (Wildman–Crippen MR) is 85.5 cm³/mol. The number of amides is 2. The lowest BCUT2D eigenvalue weighted by Gasteiger charge is -2.12. The first-order chi connectivity index (χ1) is 11.0. The number of aromatic nitrogens is 1. The Kier molecular flexibility index (Phi) is 4.58. The average molecular weight is 355 g/mol. The monoisotopic (exact) mass is 355 g/mol. The average Bonchev–Trinajstić information content (AvgIpc) is 3.12. The second-order valence-corrected chi connectivity index (χ2v) is 6.66. The van der Waals surface area contributed by atoms with Crippen molar-refractivity contribution < 1.29 is 18.4 Å². The van der Waals surface area contributed by atoms with Gasteiger partial charge in [-0.05, 0) is 18.2 Å². The van der Waals surface area contributed by atoms with Gasteiger partial charge >= 0.3 is 0 Å². The van der Waals surface area contributed by atoms with Crippen LogP contribution in [0.5, 0.6) is 0 Å². The number of carbonyl (C=O) groups is 2. The predicted octanol–water partition coefficient (Wildman–Crippen LogP) is 3.20. The Balaban J connectivity index is 1.65. The zero-order chi connectivity index (χ0) is 16.4. The van der Waals surface area contributed by atoms with Gasteiger partial charge in [-0.3, -0.25) is 9.59 Å². The van der Waals surface area contributed by atoms with Crippen LogP contribution in [0.2, 0.25) is 0 Å². The second kappa shape index (κ2) is 6.63. The van der Waals surface area contributed by atoms with Gasteiger partial charge in [0.25, 0.3) is 5.24 Å². The molecule has 1 aliphatic heterocycles. The van der Waals surface area contributed by atoms with Crippen molar-refractivity contribution in [3.05, 3.63) is 35.2 Å². The van der Waals surface area contributed by atoms with E-state index in [-0.39, 0.29) is 17.7 Å². The van der Waals surface area contributed by atoms with E-state index in [1.807, 2.05) is 0 Å². The molecule has 3 rings (SSSR count). The van der Waals surface area contributed by atoms with Crippen LogP contribution >= 0.6 is 23.1 Å². The Morgan fingerprint density at radius 3 is 2.87 bits per heavy atom. The summed E-state index contributed by atoms with van der Waals surface area (Å²) in [5.74, 6) is -1.53. The van der Waals surface area contributed by atoms with E-state index in [1.54, 1.807) is 5.38 Å². The number of nitrogens with one attached hydrogen (secondary N) is 1. The van der Waals surface area contributed by atoms with Gasteiger partial charge < -0.3 is 10.2 Å². The molecule has 23 heavy (non-hydrogen) atoms. The van der Waals surface area contributed by atoms with Crippen LogP contribution < -0.4 is 5.32 Å². The largest absolute Gasteiger partial charge is 0.323 e. The first-order valence-electron chi connectivity index (χ1n) is 6.65. The molecule has 1 N–H and O–H groups in total. The molecule has 2 amide bonds. The Morgan fingerprint density at radius 1 is 1.35 bits per heavy atom. The lowest BCUT2D eigenvalue weighted by atomic mass is 10.2. The molecular formula is C14H11F2N3O2S2. The smallest absolute Gasteiger partial charge is 0.282 e. The van der Waals surface area contributed by atoms with E-state index in [1.165, 1.54) is 34.1 Å². The van der Waals surface area contributed by atoms with Gasteiger partial charge in [0.05, 0.1) is 5.69 Å². The third-order valence-electron chi connectivity index (χ3n) is 3.15. The molecule has 1 saturated heterocycles. The second-order valence-electron chi connectivity index (χ2n) is 4.75. The van der Waals surface area contributed by atoms with E-state index in [0.29, 0.717) is 28.7 Å². The Bertz CT molecular complexity index is 766. The summed E-state index contributed by atoms with van der Waals surface area (Å²) in [4.78, 5) is 29.0. The summed E-state index contributed by atoms with van der Waals surface area (Å²) in [7, 11) is 0. The van der Waals surface area contributed by atoms with Gasteiger partial charge in [0.1, 0.15) is 6.54 Å². The van der Waals surface area contributed by atoms with Crippen molar-refractivity contribution in [3.63, 3.8) is 0 Å². The number of thiazole rings is 1. The van der Waals surface area contributed by atoms with Crippen LogP contribution in [0.4, 0.5) is 18.7 Å². The molecule has 5 nitrogen and oxygen atoms in total. The Hall–Kier alpha value is -2.00. The number of nitrogens with zero attached hydrogens (tertiary/aromatic N) is 2. The van der Waals surface area contributed by atoms with Crippen molar-refractivity contribution in [3.8, 4) is 11.3 Å². The number of carbonyl (C=O) groups excluding carboxylic acids is 2. The third-order valence-corrected chi connectivity index (χ3v) is 4.79. The number of rotatable bonds is 4. The van der Waals surface area contributed by atoms with Crippen molar-refractivity contribution in [2.24, 2.45) is 0 Å². The maximum Gasteiger partial charge on any atom is 0.282 e. The van der Waals surface area contributed by atoms with Crippen LogP contribution in [0.15, 0.2) is 23.6 Å². The van der Waals surface area contributed by atoms with Gasteiger partial charge in [-0.1, -0.05) is 11.8 Å². The molecule has 1 aromatic carbocycles. The van der Waals surface area contributed by atoms with Gasteiger partial charge in [0, 0.05) is 23.2 Å². The number of hydrogen-bond donors (Lipinski definition) is 1. The van der Waals surface area contributed by atoms with Crippen molar-refractivity contribution in [1.82, 2.24) is 9.88 Å². The summed E-state index contributed by atoms with van der Waals surface area (Å²) in [6, 6.07) is 3.49. The summed E-state index contributed by atoms with van der Waals surface area (Å²) in [6.07, 6.45) is 0. The number of halogens is 2. The highest BCUT2D eigenvalue weighted by molar-refractivity contribution is 8.13. The van der Waals surface area contributed by atoms with Gasteiger partial charge in [0.15, 0.2) is 16.8 Å². The fraction of sp³-hybridized carbons (Fsp3) is 0.214. The number of thioether (sulfide) groups is 1. The quantitative estimate of drug-likeness (QED) is 0.915. The lowest BCUT2D eigenvalue weighted by Crippen LogP contribution is -2.33. The molecule has 0 unspecified atom stereocenters. The number of anilines is 1. The summed E-state index contributed by atoms with van der Waals surface area (Å²) >= 11 is 2.36. The van der Waals surface area contributed by atoms with Crippen LogP contribution in [-0.2, 0) is 4.79 Å². The van der Waals surface area contributed by atoms with Crippen molar-refractivity contribution >= 4 is 39.4 Å².